The highest BCUT2D eigenvalue weighted by Gasteiger charge is 2.31. The maximum atomic E-state index is 13.5. The molecule has 0 radical (unpaired) electrons. The molecule has 1 N–H and O–H groups in total. The van der Waals surface area contributed by atoms with Gasteiger partial charge in [0.2, 0.25) is 21.8 Å². The number of amides is 2. The fraction of sp³-hybridized carbons (Fsp3) is 0.417. The van der Waals surface area contributed by atoms with Gasteiger partial charge in [-0.2, -0.15) is 0 Å². The van der Waals surface area contributed by atoms with Gasteiger partial charge in [-0.25, -0.2) is 8.42 Å². The van der Waals surface area contributed by atoms with Gasteiger partial charge in [0.1, 0.15) is 12.6 Å². The lowest BCUT2D eigenvalue weighted by molar-refractivity contribution is -0.140. The summed E-state index contributed by atoms with van der Waals surface area (Å²) in [7, 11) is -3.73. The number of sulfonamides is 1. The lowest BCUT2D eigenvalue weighted by atomic mass is 10.1. The molecule has 1 atom stereocenters. The van der Waals surface area contributed by atoms with Gasteiger partial charge in [0.15, 0.2) is 0 Å². The maximum Gasteiger partial charge on any atom is 0.244 e. The third-order valence-corrected chi connectivity index (χ3v) is 6.87. The summed E-state index contributed by atoms with van der Waals surface area (Å²) >= 11 is 3.34. The Hall–Kier alpha value is -2.39. The molecule has 2 amide bonds. The first kappa shape index (κ1) is 26.9. The molecule has 2 aromatic rings. The van der Waals surface area contributed by atoms with Crippen LogP contribution in [0.5, 0.6) is 0 Å². The van der Waals surface area contributed by atoms with Gasteiger partial charge in [-0.05, 0) is 49.6 Å². The molecule has 0 fully saturated rings. The zero-order valence-corrected chi connectivity index (χ0v) is 21.9. The van der Waals surface area contributed by atoms with Crippen molar-refractivity contribution in [1.29, 1.82) is 0 Å². The van der Waals surface area contributed by atoms with E-state index in [4.69, 9.17) is 0 Å². The van der Waals surface area contributed by atoms with Crippen LogP contribution in [-0.2, 0) is 26.2 Å². The summed E-state index contributed by atoms with van der Waals surface area (Å²) in [6, 6.07) is 13.7. The summed E-state index contributed by atoms with van der Waals surface area (Å²) in [5, 5.41) is 2.87. The highest BCUT2D eigenvalue weighted by molar-refractivity contribution is 9.10. The number of rotatable bonds is 11. The fourth-order valence-corrected chi connectivity index (χ4v) is 4.51. The SMILES string of the molecule is CCCNC(=O)[C@@H](CC)N(Cc1ccc(C)cc1)C(=O)CN(c1ccc(Br)cc1)S(C)(=O)=O. The number of halogens is 1. The fourth-order valence-electron chi connectivity index (χ4n) is 3.40. The van der Waals surface area contributed by atoms with Crippen molar-refractivity contribution in [2.45, 2.75) is 46.2 Å². The Morgan fingerprint density at radius 2 is 1.64 bits per heavy atom. The number of anilines is 1. The van der Waals surface area contributed by atoms with E-state index in [1.165, 1.54) is 4.90 Å². The molecule has 0 aromatic heterocycles. The van der Waals surface area contributed by atoms with Crippen LogP contribution in [0.3, 0.4) is 0 Å². The summed E-state index contributed by atoms with van der Waals surface area (Å²) in [4.78, 5) is 27.9. The maximum absolute atomic E-state index is 13.5. The number of aryl methyl sites for hydroxylation is 1. The monoisotopic (exact) mass is 537 g/mol. The molecular formula is C24H32BrN3O4S. The third kappa shape index (κ3) is 7.85. The number of hydrogen-bond acceptors (Lipinski definition) is 4. The molecule has 0 aliphatic heterocycles. The van der Waals surface area contributed by atoms with Crippen molar-refractivity contribution in [2.75, 3.05) is 23.7 Å². The molecule has 0 spiro atoms. The Bertz CT molecular complexity index is 1040. The Morgan fingerprint density at radius 3 is 2.15 bits per heavy atom. The average molecular weight is 539 g/mol. The van der Waals surface area contributed by atoms with Gasteiger partial charge < -0.3 is 10.2 Å². The number of hydrogen-bond donors (Lipinski definition) is 1. The number of nitrogens with zero attached hydrogens (tertiary/aromatic N) is 2. The predicted molar refractivity (Wildman–Crippen MR) is 135 cm³/mol. The van der Waals surface area contributed by atoms with Crippen molar-refractivity contribution in [3.05, 3.63) is 64.1 Å². The first-order chi connectivity index (χ1) is 15.6. The van der Waals surface area contributed by atoms with E-state index in [0.29, 0.717) is 18.7 Å². The average Bonchev–Trinajstić information content (AvgIpc) is 2.77. The Morgan fingerprint density at radius 1 is 1.03 bits per heavy atom. The Labute approximate surface area is 205 Å². The molecule has 0 aliphatic rings. The highest BCUT2D eigenvalue weighted by Crippen LogP contribution is 2.22. The highest BCUT2D eigenvalue weighted by atomic mass is 79.9. The van der Waals surface area contributed by atoms with E-state index < -0.39 is 28.5 Å². The van der Waals surface area contributed by atoms with E-state index in [2.05, 4.69) is 21.2 Å². The van der Waals surface area contributed by atoms with Gasteiger partial charge in [0, 0.05) is 17.6 Å². The number of carbonyl (C=O) groups excluding carboxylic acids is 2. The van der Waals surface area contributed by atoms with Crippen LogP contribution in [0, 0.1) is 6.92 Å². The van der Waals surface area contributed by atoms with Crippen LogP contribution < -0.4 is 9.62 Å². The van der Waals surface area contributed by atoms with Gasteiger partial charge in [-0.15, -0.1) is 0 Å². The molecule has 0 heterocycles. The second-order valence-electron chi connectivity index (χ2n) is 7.97. The molecule has 0 unspecified atom stereocenters. The normalized spacial score (nSPS) is 12.2. The minimum atomic E-state index is -3.73. The van der Waals surface area contributed by atoms with Crippen LogP contribution in [0.15, 0.2) is 53.0 Å². The number of benzene rings is 2. The molecule has 0 aliphatic carbocycles. The molecule has 0 saturated heterocycles. The molecule has 2 aromatic carbocycles. The van der Waals surface area contributed by atoms with E-state index >= 15 is 0 Å². The van der Waals surface area contributed by atoms with E-state index in [1.807, 2.05) is 45.0 Å². The zero-order chi connectivity index (χ0) is 24.6. The molecule has 0 saturated carbocycles. The lowest BCUT2D eigenvalue weighted by Crippen LogP contribution is -2.52. The first-order valence-corrected chi connectivity index (χ1v) is 13.6. The largest absolute Gasteiger partial charge is 0.354 e. The van der Waals surface area contributed by atoms with Crippen LogP contribution in [0.4, 0.5) is 5.69 Å². The van der Waals surface area contributed by atoms with Crippen molar-refractivity contribution in [3.8, 4) is 0 Å². The van der Waals surface area contributed by atoms with E-state index in [-0.39, 0.29) is 12.5 Å². The van der Waals surface area contributed by atoms with Crippen molar-refractivity contribution in [2.24, 2.45) is 0 Å². The van der Waals surface area contributed by atoms with Crippen LogP contribution in [0.1, 0.15) is 37.8 Å². The standard InChI is InChI=1S/C24H32BrN3O4S/c1-5-15-26-24(30)22(6-2)27(16-19-9-7-18(3)8-10-19)23(29)17-28(33(4,31)32)21-13-11-20(25)12-14-21/h7-14,22H,5-6,15-17H2,1-4H3,(H,26,30)/t22-/m1/s1. The quantitative estimate of drug-likeness (QED) is 0.471. The molecule has 0 bridgehead atoms. The van der Waals surface area contributed by atoms with E-state index in [0.717, 1.165) is 32.6 Å². The number of nitrogens with one attached hydrogen (secondary N) is 1. The van der Waals surface area contributed by atoms with Gasteiger partial charge in [-0.1, -0.05) is 59.6 Å². The second kappa shape index (κ2) is 12.2. The lowest BCUT2D eigenvalue weighted by Gasteiger charge is -2.33. The number of carbonyl (C=O) groups is 2. The minimum Gasteiger partial charge on any atom is -0.354 e. The molecule has 2 rings (SSSR count). The Kier molecular flexibility index (Phi) is 9.91. The topological polar surface area (TPSA) is 86.8 Å². The molecule has 180 valence electrons. The molecular weight excluding hydrogens is 506 g/mol. The second-order valence-corrected chi connectivity index (χ2v) is 10.8. The Balaban J connectivity index is 2.39. The summed E-state index contributed by atoms with van der Waals surface area (Å²) in [6.07, 6.45) is 2.25. The van der Waals surface area contributed by atoms with Gasteiger partial charge in [-0.3, -0.25) is 13.9 Å². The van der Waals surface area contributed by atoms with Gasteiger partial charge in [0.05, 0.1) is 11.9 Å². The summed E-state index contributed by atoms with van der Waals surface area (Å²) in [5.74, 6) is -0.684. The van der Waals surface area contributed by atoms with Crippen molar-refractivity contribution in [1.82, 2.24) is 10.2 Å². The minimum absolute atomic E-state index is 0.203. The van der Waals surface area contributed by atoms with Crippen LogP contribution in [0.25, 0.3) is 0 Å². The van der Waals surface area contributed by atoms with Crippen LogP contribution in [0.2, 0.25) is 0 Å². The van der Waals surface area contributed by atoms with Crippen molar-refractivity contribution < 1.29 is 18.0 Å². The van der Waals surface area contributed by atoms with E-state index in [1.54, 1.807) is 24.3 Å². The zero-order valence-electron chi connectivity index (χ0n) is 19.5. The van der Waals surface area contributed by atoms with Crippen LogP contribution in [-0.4, -0.2) is 50.5 Å². The first-order valence-electron chi connectivity index (χ1n) is 10.9. The summed E-state index contributed by atoms with van der Waals surface area (Å²) in [5.41, 5.74) is 2.33. The third-order valence-electron chi connectivity index (χ3n) is 5.20. The van der Waals surface area contributed by atoms with E-state index in [9.17, 15) is 18.0 Å². The van der Waals surface area contributed by atoms with Crippen LogP contribution >= 0.6 is 15.9 Å². The van der Waals surface area contributed by atoms with Gasteiger partial charge >= 0.3 is 0 Å². The molecule has 33 heavy (non-hydrogen) atoms. The van der Waals surface area contributed by atoms with Crippen molar-refractivity contribution in [3.63, 3.8) is 0 Å². The molecule has 7 nitrogen and oxygen atoms in total. The summed E-state index contributed by atoms with van der Waals surface area (Å²) in [6.45, 7) is 6.09. The summed E-state index contributed by atoms with van der Waals surface area (Å²) < 4.78 is 27.0. The smallest absolute Gasteiger partial charge is 0.244 e. The van der Waals surface area contributed by atoms with Crippen molar-refractivity contribution >= 4 is 43.5 Å². The predicted octanol–water partition coefficient (Wildman–Crippen LogP) is 3.86. The molecule has 9 heteroatoms. The van der Waals surface area contributed by atoms with Gasteiger partial charge in [0.25, 0.3) is 0 Å².